The molecule has 2 saturated heterocycles. The van der Waals surface area contributed by atoms with E-state index in [1.165, 1.54) is 11.4 Å². The first-order chi connectivity index (χ1) is 18.5. The lowest BCUT2D eigenvalue weighted by Crippen LogP contribution is -2.46. The Morgan fingerprint density at radius 2 is 1.82 bits per heavy atom. The van der Waals surface area contributed by atoms with Gasteiger partial charge in [0.15, 0.2) is 11.4 Å². The monoisotopic (exact) mass is 530 g/mol. The molecule has 202 valence electrons. The summed E-state index contributed by atoms with van der Waals surface area (Å²) in [6.07, 6.45) is 6.30. The number of hydrogen-bond acceptors (Lipinski definition) is 10. The molecule has 2 bridgehead atoms. The van der Waals surface area contributed by atoms with E-state index >= 15 is 0 Å². The summed E-state index contributed by atoms with van der Waals surface area (Å²) < 4.78 is 1.49. The van der Waals surface area contributed by atoms with Crippen molar-refractivity contribution < 1.29 is 14.7 Å². The molecule has 6 heterocycles. The minimum Gasteiger partial charge on any atom is -0.384 e. The number of H-pyrrole nitrogens is 1. The van der Waals surface area contributed by atoms with Crippen molar-refractivity contribution in [3.8, 4) is 11.1 Å². The molecule has 2 aliphatic heterocycles. The van der Waals surface area contributed by atoms with Gasteiger partial charge in [-0.2, -0.15) is 9.61 Å². The van der Waals surface area contributed by atoms with Crippen LogP contribution < -0.4 is 11.5 Å². The molecule has 2 fully saturated rings. The Hall–Kier alpha value is -4.39. The van der Waals surface area contributed by atoms with Crippen LogP contribution in [-0.2, 0) is 5.60 Å². The van der Waals surface area contributed by atoms with E-state index in [-0.39, 0.29) is 47.3 Å². The van der Waals surface area contributed by atoms with Crippen LogP contribution in [0.4, 0.5) is 11.8 Å². The molecule has 3 atom stereocenters. The molecule has 0 aromatic carbocycles. The Bertz CT molecular complexity index is 1590. The van der Waals surface area contributed by atoms with Gasteiger partial charge in [-0.1, -0.05) is 6.07 Å². The Balaban J connectivity index is 1.38. The Morgan fingerprint density at radius 3 is 2.38 bits per heavy atom. The van der Waals surface area contributed by atoms with Gasteiger partial charge in [0.2, 0.25) is 11.8 Å². The van der Waals surface area contributed by atoms with Crippen molar-refractivity contribution in [3.63, 3.8) is 0 Å². The van der Waals surface area contributed by atoms with Crippen molar-refractivity contribution in [1.29, 1.82) is 0 Å². The molecule has 4 aromatic heterocycles. The molecule has 0 spiro atoms. The minimum atomic E-state index is -1.07. The van der Waals surface area contributed by atoms with Crippen LogP contribution in [0.2, 0.25) is 0 Å². The first-order valence-corrected chi connectivity index (χ1v) is 12.9. The predicted molar refractivity (Wildman–Crippen MR) is 142 cm³/mol. The number of nitrogens with two attached hydrogens (primary N) is 2. The number of pyridine rings is 1. The highest BCUT2D eigenvalue weighted by Gasteiger charge is 2.46. The molecule has 6 N–H and O–H groups in total. The number of nitrogens with zero attached hydrogens (tertiary/aromatic N) is 7. The van der Waals surface area contributed by atoms with Gasteiger partial charge in [-0.15, -0.1) is 10.2 Å². The molecule has 4 aromatic rings. The van der Waals surface area contributed by atoms with E-state index in [2.05, 4.69) is 25.3 Å². The first kappa shape index (κ1) is 24.9. The van der Waals surface area contributed by atoms with Gasteiger partial charge >= 0.3 is 0 Å². The third-order valence-corrected chi connectivity index (χ3v) is 7.83. The number of aromatic amines is 1. The lowest BCUT2D eigenvalue weighted by atomic mass is 9.85. The van der Waals surface area contributed by atoms with E-state index < -0.39 is 5.60 Å². The van der Waals surface area contributed by atoms with Crippen molar-refractivity contribution in [3.05, 3.63) is 47.3 Å². The number of amides is 1. The van der Waals surface area contributed by atoms with Crippen LogP contribution in [0.3, 0.4) is 0 Å². The molecule has 0 radical (unpaired) electrons. The lowest BCUT2D eigenvalue weighted by Gasteiger charge is -2.38. The third kappa shape index (κ3) is 4.09. The van der Waals surface area contributed by atoms with Crippen molar-refractivity contribution >= 4 is 29.1 Å². The van der Waals surface area contributed by atoms with Gasteiger partial charge < -0.3 is 26.5 Å². The molecule has 39 heavy (non-hydrogen) atoms. The number of aromatic nitrogens is 7. The van der Waals surface area contributed by atoms with Gasteiger partial charge in [0, 0.05) is 35.3 Å². The maximum Gasteiger partial charge on any atom is 0.292 e. The maximum absolute atomic E-state index is 13.2. The smallest absolute Gasteiger partial charge is 0.292 e. The number of nitrogens with one attached hydrogen (secondary N) is 1. The van der Waals surface area contributed by atoms with E-state index in [9.17, 15) is 14.7 Å². The Kier molecular flexibility index (Phi) is 5.64. The molecule has 6 rings (SSSR count). The number of anilines is 2. The van der Waals surface area contributed by atoms with Crippen LogP contribution in [0, 0.1) is 0 Å². The summed E-state index contributed by atoms with van der Waals surface area (Å²) in [5, 5.41) is 22.3. The van der Waals surface area contributed by atoms with Crippen LogP contribution in [0.15, 0.2) is 24.5 Å². The van der Waals surface area contributed by atoms with Crippen LogP contribution in [-0.4, -0.2) is 68.5 Å². The third-order valence-electron chi connectivity index (χ3n) is 7.83. The van der Waals surface area contributed by atoms with Crippen LogP contribution >= 0.6 is 0 Å². The second-order valence-corrected chi connectivity index (χ2v) is 10.9. The van der Waals surface area contributed by atoms with E-state index in [0.717, 1.165) is 18.4 Å². The van der Waals surface area contributed by atoms with E-state index in [0.29, 0.717) is 41.0 Å². The quantitative estimate of drug-likeness (QED) is 0.277. The van der Waals surface area contributed by atoms with Gasteiger partial charge in [0.1, 0.15) is 11.4 Å². The average molecular weight is 531 g/mol. The highest BCUT2D eigenvalue weighted by molar-refractivity contribution is 6.00. The number of rotatable bonds is 5. The van der Waals surface area contributed by atoms with Gasteiger partial charge in [-0.3, -0.25) is 14.6 Å². The zero-order chi connectivity index (χ0) is 27.6. The minimum absolute atomic E-state index is 0.0328. The Morgan fingerprint density at radius 1 is 1.10 bits per heavy atom. The summed E-state index contributed by atoms with van der Waals surface area (Å²) in [6, 6.07) is 3.55. The standard InChI is InChI=1S/C26H30N10O3/c1-12(37)19-20(14-8-15-5-6-16(9-14)35(15)24(38)22-32-25(28)34-33-22)31-23-17(11-30-36(23)21(19)27)13-4-7-18(29-10-13)26(2,3)39/h4,7,10-11,14-16,39H,5-6,8-9,27H2,1-3H3,(H3,28,32,33,34)/t14-,15-,16+. The van der Waals surface area contributed by atoms with Gasteiger partial charge in [-0.05, 0) is 52.5 Å². The fourth-order valence-corrected chi connectivity index (χ4v) is 6.03. The Labute approximate surface area is 223 Å². The lowest BCUT2D eigenvalue weighted by molar-refractivity contribution is 0.0556. The molecule has 13 nitrogen and oxygen atoms in total. The maximum atomic E-state index is 13.2. The summed E-state index contributed by atoms with van der Waals surface area (Å²) in [6.45, 7) is 4.83. The molecular formula is C26H30N10O3. The molecule has 0 aliphatic carbocycles. The zero-order valence-corrected chi connectivity index (χ0v) is 21.9. The average Bonchev–Trinajstić information content (AvgIpc) is 3.58. The molecule has 2 aliphatic rings. The van der Waals surface area contributed by atoms with Gasteiger partial charge in [0.05, 0.1) is 23.1 Å². The van der Waals surface area contributed by atoms with Crippen molar-refractivity contribution in [1.82, 2.24) is 39.7 Å². The summed E-state index contributed by atoms with van der Waals surface area (Å²) in [7, 11) is 0. The summed E-state index contributed by atoms with van der Waals surface area (Å²) in [4.78, 5) is 40.0. The number of hydrogen-bond donors (Lipinski definition) is 4. The number of carbonyl (C=O) groups excluding carboxylic acids is 2. The molecule has 0 saturated carbocycles. The number of Topliss-reactive ketones (excluding diaryl/α,β-unsaturated/α-hetero) is 1. The largest absolute Gasteiger partial charge is 0.384 e. The molecule has 13 heteroatoms. The number of nitrogen functional groups attached to an aromatic ring is 2. The topological polar surface area (TPSA) is 194 Å². The summed E-state index contributed by atoms with van der Waals surface area (Å²) in [5.74, 6) is -0.0211. The van der Waals surface area contributed by atoms with E-state index in [1.807, 2.05) is 11.0 Å². The fourth-order valence-electron chi connectivity index (χ4n) is 6.03. The number of piperidine rings is 1. The summed E-state index contributed by atoms with van der Waals surface area (Å²) >= 11 is 0. The van der Waals surface area contributed by atoms with Crippen molar-refractivity contribution in [2.45, 2.75) is 70.1 Å². The molecular weight excluding hydrogens is 500 g/mol. The van der Waals surface area contributed by atoms with Crippen LogP contribution in [0.1, 0.15) is 84.7 Å². The summed E-state index contributed by atoms with van der Waals surface area (Å²) in [5.41, 5.74) is 14.6. The van der Waals surface area contributed by atoms with Crippen LogP contribution in [0.25, 0.3) is 16.8 Å². The number of fused-ring (bicyclic) bond motifs is 3. The number of ketones is 1. The molecule has 0 unspecified atom stereocenters. The predicted octanol–water partition coefficient (Wildman–Crippen LogP) is 2.05. The van der Waals surface area contributed by atoms with Gasteiger partial charge in [-0.25, -0.2) is 4.98 Å². The first-order valence-electron chi connectivity index (χ1n) is 12.9. The highest BCUT2D eigenvalue weighted by atomic mass is 16.3. The number of carbonyl (C=O) groups is 2. The second-order valence-electron chi connectivity index (χ2n) is 10.9. The van der Waals surface area contributed by atoms with Crippen LogP contribution in [0.5, 0.6) is 0 Å². The highest BCUT2D eigenvalue weighted by Crippen LogP contribution is 2.45. The number of aliphatic hydroxyl groups is 1. The SMILES string of the molecule is CC(=O)c1c([C@@H]2C[C@H]3CC[C@@H](C2)N3C(=O)c2nnc(N)[nH]2)nc2c(-c3ccc(C(C)(C)O)nc3)cnn2c1N. The normalized spacial score (nSPS) is 21.0. The van der Waals surface area contributed by atoms with Gasteiger partial charge in [0.25, 0.3) is 5.91 Å². The van der Waals surface area contributed by atoms with Crippen molar-refractivity contribution in [2.75, 3.05) is 11.5 Å². The van der Waals surface area contributed by atoms with Crippen molar-refractivity contribution in [2.24, 2.45) is 0 Å². The second kappa shape index (κ2) is 8.83. The fraction of sp³-hybridized carbons (Fsp3) is 0.423. The van der Waals surface area contributed by atoms with E-state index in [4.69, 9.17) is 16.5 Å². The van der Waals surface area contributed by atoms with E-state index in [1.54, 1.807) is 32.3 Å². The molecule has 1 amide bonds. The zero-order valence-electron chi connectivity index (χ0n) is 21.9.